The zero-order valence-corrected chi connectivity index (χ0v) is 17.5. The van der Waals surface area contributed by atoms with Crippen LogP contribution in [0.25, 0.3) is 11.1 Å². The molecular weight excluding hydrogens is 443 g/mol. The third kappa shape index (κ3) is 4.42. The molecule has 3 aromatic rings. The Balaban J connectivity index is 2.12. The van der Waals surface area contributed by atoms with Gasteiger partial charge in [-0.2, -0.15) is 4.98 Å². The van der Waals surface area contributed by atoms with Gasteiger partial charge in [0.15, 0.2) is 11.5 Å². The number of nitrogens with zero attached hydrogens (tertiary/aromatic N) is 1. The minimum Gasteiger partial charge on any atom is -0.468 e. The Morgan fingerprint density at radius 1 is 1.03 bits per heavy atom. The van der Waals surface area contributed by atoms with Crippen molar-refractivity contribution in [3.05, 3.63) is 57.0 Å². The summed E-state index contributed by atoms with van der Waals surface area (Å²) >= 11 is 18.6. The van der Waals surface area contributed by atoms with E-state index < -0.39 is 23.9 Å². The van der Waals surface area contributed by atoms with E-state index in [9.17, 15) is 9.59 Å². The molecule has 0 saturated carbocycles. The van der Waals surface area contributed by atoms with Crippen LogP contribution in [0.15, 0.2) is 40.8 Å². The molecular formula is C19H15Cl3N2O5. The van der Waals surface area contributed by atoms with Gasteiger partial charge < -0.3 is 19.2 Å². The molecule has 29 heavy (non-hydrogen) atoms. The lowest BCUT2D eigenvalue weighted by molar-refractivity contribution is -0.159. The van der Waals surface area contributed by atoms with Crippen LogP contribution in [-0.4, -0.2) is 31.1 Å². The number of fused-ring (bicyclic) bond motifs is 1. The van der Waals surface area contributed by atoms with Gasteiger partial charge in [-0.3, -0.25) is 9.59 Å². The summed E-state index contributed by atoms with van der Waals surface area (Å²) in [4.78, 5) is 29.2. The van der Waals surface area contributed by atoms with Crippen molar-refractivity contribution in [1.82, 2.24) is 4.98 Å². The van der Waals surface area contributed by atoms with Crippen LogP contribution in [0.1, 0.15) is 11.6 Å². The molecule has 0 aliphatic heterocycles. The fraction of sp³-hybridized carbons (Fsp3) is 0.211. The van der Waals surface area contributed by atoms with Crippen molar-refractivity contribution < 1.29 is 23.5 Å². The molecule has 2 aromatic carbocycles. The number of hydrogen-bond donors (Lipinski definition) is 1. The number of carbonyl (C=O) groups excluding carboxylic acids is 2. The minimum atomic E-state index is -1.43. The summed E-state index contributed by atoms with van der Waals surface area (Å²) in [5, 5.41) is 3.86. The smallest absolute Gasteiger partial charge is 0.322 e. The van der Waals surface area contributed by atoms with Crippen LogP contribution in [0, 0.1) is 5.92 Å². The van der Waals surface area contributed by atoms with Crippen LogP contribution in [0.5, 0.6) is 0 Å². The Labute approximate surface area is 180 Å². The highest BCUT2D eigenvalue weighted by molar-refractivity contribution is 6.36. The maximum Gasteiger partial charge on any atom is 0.322 e. The van der Waals surface area contributed by atoms with E-state index in [1.807, 2.05) is 0 Å². The Morgan fingerprint density at radius 2 is 1.66 bits per heavy atom. The lowest BCUT2D eigenvalue weighted by Gasteiger charge is -2.25. The number of aromatic nitrogens is 1. The van der Waals surface area contributed by atoms with E-state index >= 15 is 0 Å². The fourth-order valence-electron chi connectivity index (χ4n) is 2.85. The first-order valence-electron chi connectivity index (χ1n) is 8.28. The first kappa shape index (κ1) is 21.2. The van der Waals surface area contributed by atoms with Crippen LogP contribution >= 0.6 is 34.8 Å². The Morgan fingerprint density at radius 3 is 2.24 bits per heavy atom. The second kappa shape index (κ2) is 8.90. The van der Waals surface area contributed by atoms with E-state index in [2.05, 4.69) is 10.3 Å². The van der Waals surface area contributed by atoms with Gasteiger partial charge >= 0.3 is 11.9 Å². The van der Waals surface area contributed by atoms with Gasteiger partial charge in [-0.15, -0.1) is 0 Å². The van der Waals surface area contributed by atoms with Crippen LogP contribution in [-0.2, 0) is 19.1 Å². The van der Waals surface area contributed by atoms with E-state index in [1.165, 1.54) is 0 Å². The maximum atomic E-state index is 12.4. The largest absolute Gasteiger partial charge is 0.468 e. The average Bonchev–Trinajstić information content (AvgIpc) is 3.08. The number of halogens is 3. The molecule has 1 N–H and O–H groups in total. The number of nitrogens with one attached hydrogen (secondary N) is 1. The third-order valence-corrected chi connectivity index (χ3v) is 5.08. The van der Waals surface area contributed by atoms with Crippen LogP contribution in [0.4, 0.5) is 6.01 Å². The highest BCUT2D eigenvalue weighted by atomic mass is 35.5. The van der Waals surface area contributed by atoms with Gasteiger partial charge in [-0.1, -0.05) is 40.9 Å². The molecule has 1 heterocycles. The first-order chi connectivity index (χ1) is 13.8. The van der Waals surface area contributed by atoms with Crippen molar-refractivity contribution in [1.29, 1.82) is 0 Å². The van der Waals surface area contributed by atoms with E-state index in [0.29, 0.717) is 16.1 Å². The number of rotatable bonds is 6. The molecule has 0 saturated heterocycles. The molecule has 152 valence electrons. The molecule has 0 fully saturated rings. The molecule has 0 spiro atoms. The van der Waals surface area contributed by atoms with Crippen molar-refractivity contribution >= 4 is 63.9 Å². The molecule has 0 amide bonds. The number of benzene rings is 2. The Hall–Kier alpha value is -2.48. The second-order valence-corrected chi connectivity index (χ2v) is 7.16. The maximum absolute atomic E-state index is 12.4. The number of esters is 2. The van der Waals surface area contributed by atoms with Crippen molar-refractivity contribution in [3.63, 3.8) is 0 Å². The highest BCUT2D eigenvalue weighted by Gasteiger charge is 2.40. The molecule has 1 atom stereocenters. The summed E-state index contributed by atoms with van der Waals surface area (Å²) in [5.41, 5.74) is 1.22. The van der Waals surface area contributed by atoms with E-state index in [1.54, 1.807) is 36.4 Å². The molecule has 0 radical (unpaired) electrons. The number of methoxy groups -OCH3 is 2. The molecule has 10 heteroatoms. The lowest BCUT2D eigenvalue weighted by atomic mass is 9.92. The fourth-order valence-corrected chi connectivity index (χ4v) is 3.65. The number of oxazole rings is 1. The number of carbonyl (C=O) groups is 2. The molecule has 0 bridgehead atoms. The summed E-state index contributed by atoms with van der Waals surface area (Å²) < 4.78 is 15.3. The SMILES string of the molecule is COC(=O)C(C(=O)OC)C(Nc1nc2cc(Cl)ccc2o1)c1c(Cl)cccc1Cl. The molecule has 1 aromatic heterocycles. The molecule has 3 rings (SSSR count). The van der Waals surface area contributed by atoms with Gasteiger partial charge in [0, 0.05) is 20.6 Å². The van der Waals surface area contributed by atoms with Crippen LogP contribution < -0.4 is 5.32 Å². The number of hydrogen-bond acceptors (Lipinski definition) is 7. The van der Waals surface area contributed by atoms with Crippen molar-refractivity contribution in [2.75, 3.05) is 19.5 Å². The Kier molecular flexibility index (Phi) is 6.52. The monoisotopic (exact) mass is 456 g/mol. The van der Waals surface area contributed by atoms with Gasteiger partial charge in [0.05, 0.1) is 20.3 Å². The number of anilines is 1. The van der Waals surface area contributed by atoms with Crippen molar-refractivity contribution in [2.24, 2.45) is 5.92 Å². The summed E-state index contributed by atoms with van der Waals surface area (Å²) in [6.45, 7) is 0. The normalized spacial score (nSPS) is 12.1. The zero-order valence-electron chi connectivity index (χ0n) is 15.2. The van der Waals surface area contributed by atoms with Gasteiger partial charge in [0.1, 0.15) is 5.52 Å². The summed E-state index contributed by atoms with van der Waals surface area (Å²) in [5.74, 6) is -3.12. The second-order valence-electron chi connectivity index (χ2n) is 5.91. The predicted octanol–water partition coefficient (Wildman–Crippen LogP) is 4.90. The average molecular weight is 458 g/mol. The van der Waals surface area contributed by atoms with Crippen molar-refractivity contribution in [3.8, 4) is 0 Å². The first-order valence-corrected chi connectivity index (χ1v) is 9.41. The standard InChI is InChI=1S/C19H15Cl3N2O5/c1-27-17(25)15(18(26)28-2)16(14-10(21)4-3-5-11(14)22)24-19-23-12-8-9(20)6-7-13(12)29-19/h3-8,15-16H,1-2H3,(H,23,24). The van der Waals surface area contributed by atoms with Crippen LogP contribution in [0.3, 0.4) is 0 Å². The van der Waals surface area contributed by atoms with Gasteiger partial charge in [-0.05, 0) is 30.3 Å². The predicted molar refractivity (Wildman–Crippen MR) is 109 cm³/mol. The topological polar surface area (TPSA) is 90.7 Å². The van der Waals surface area contributed by atoms with Gasteiger partial charge in [0.2, 0.25) is 0 Å². The van der Waals surface area contributed by atoms with Gasteiger partial charge in [-0.25, -0.2) is 0 Å². The summed E-state index contributed by atoms with van der Waals surface area (Å²) in [6.07, 6.45) is 0. The van der Waals surface area contributed by atoms with E-state index in [0.717, 1.165) is 14.2 Å². The lowest BCUT2D eigenvalue weighted by Crippen LogP contribution is -2.36. The molecule has 7 nitrogen and oxygen atoms in total. The molecule has 0 aliphatic rings. The zero-order chi connectivity index (χ0) is 21.1. The Bertz CT molecular complexity index is 1030. The molecule has 1 unspecified atom stereocenters. The quantitative estimate of drug-likeness (QED) is 0.416. The summed E-state index contributed by atoms with van der Waals surface area (Å²) in [7, 11) is 2.32. The third-order valence-electron chi connectivity index (χ3n) is 4.18. The number of ether oxygens (including phenoxy) is 2. The highest BCUT2D eigenvalue weighted by Crippen LogP contribution is 2.38. The van der Waals surface area contributed by atoms with E-state index in [-0.39, 0.29) is 21.6 Å². The summed E-state index contributed by atoms with van der Waals surface area (Å²) in [6, 6.07) is 8.64. The van der Waals surface area contributed by atoms with E-state index in [4.69, 9.17) is 48.7 Å². The molecule has 0 aliphatic carbocycles. The van der Waals surface area contributed by atoms with Crippen LogP contribution in [0.2, 0.25) is 15.1 Å². The van der Waals surface area contributed by atoms with Crippen molar-refractivity contribution in [2.45, 2.75) is 6.04 Å². The minimum absolute atomic E-state index is 0.0288. The van der Waals surface area contributed by atoms with Gasteiger partial charge in [0.25, 0.3) is 6.01 Å².